The van der Waals surface area contributed by atoms with Crippen molar-refractivity contribution in [3.05, 3.63) is 34.3 Å². The zero-order valence-electron chi connectivity index (χ0n) is 9.97. The number of nitrogens with two attached hydrogens (primary N) is 1. The molecule has 96 valence electrons. The summed E-state index contributed by atoms with van der Waals surface area (Å²) in [4.78, 5) is 0. The average Bonchev–Trinajstić information content (AvgIpc) is 2.15. The molecule has 0 amide bonds. The van der Waals surface area contributed by atoms with Crippen LogP contribution in [-0.4, -0.2) is 10.7 Å². The van der Waals surface area contributed by atoms with Crippen LogP contribution in [0.4, 0.5) is 8.78 Å². The molecule has 0 aliphatic carbocycles. The van der Waals surface area contributed by atoms with Gasteiger partial charge in [0.15, 0.2) is 0 Å². The minimum atomic E-state index is -3.44. The number of halogens is 3. The van der Waals surface area contributed by atoms with Crippen LogP contribution < -0.4 is 5.73 Å². The second-order valence-electron chi connectivity index (χ2n) is 4.63. The van der Waals surface area contributed by atoms with Crippen molar-refractivity contribution in [3.8, 4) is 0 Å². The Morgan fingerprint density at radius 1 is 1.35 bits per heavy atom. The SMILES string of the molecule is CC(N)c1cccc(C(F)(F)C(C)(C)O)c1Cl. The molecule has 1 atom stereocenters. The lowest BCUT2D eigenvalue weighted by Crippen LogP contribution is -2.40. The lowest BCUT2D eigenvalue weighted by atomic mass is 9.91. The molecule has 2 nitrogen and oxygen atoms in total. The normalized spacial score (nSPS) is 14.8. The maximum Gasteiger partial charge on any atom is 0.302 e. The second kappa shape index (κ2) is 4.52. The van der Waals surface area contributed by atoms with E-state index in [1.807, 2.05) is 0 Å². The Bertz CT molecular complexity index is 413. The maximum atomic E-state index is 14.0. The zero-order valence-corrected chi connectivity index (χ0v) is 10.7. The van der Waals surface area contributed by atoms with Crippen LogP contribution in [0.1, 0.15) is 37.9 Å². The lowest BCUT2D eigenvalue weighted by Gasteiger charge is -2.30. The average molecular weight is 264 g/mol. The molecule has 0 saturated heterocycles. The van der Waals surface area contributed by atoms with Crippen molar-refractivity contribution in [3.63, 3.8) is 0 Å². The number of aliphatic hydroxyl groups is 1. The van der Waals surface area contributed by atoms with Crippen LogP contribution in [0.3, 0.4) is 0 Å². The third-order valence-electron chi connectivity index (χ3n) is 2.63. The quantitative estimate of drug-likeness (QED) is 0.880. The summed E-state index contributed by atoms with van der Waals surface area (Å²) in [6.07, 6.45) is 0. The summed E-state index contributed by atoms with van der Waals surface area (Å²) >= 11 is 5.92. The molecular formula is C12H16ClF2NO. The Morgan fingerprint density at radius 2 is 1.88 bits per heavy atom. The smallest absolute Gasteiger partial charge is 0.302 e. The van der Waals surface area contributed by atoms with Crippen LogP contribution in [0.5, 0.6) is 0 Å². The fraction of sp³-hybridized carbons (Fsp3) is 0.500. The monoisotopic (exact) mass is 263 g/mol. The van der Waals surface area contributed by atoms with Gasteiger partial charge in [-0.2, -0.15) is 8.78 Å². The Morgan fingerprint density at radius 3 is 2.29 bits per heavy atom. The molecule has 1 unspecified atom stereocenters. The summed E-state index contributed by atoms with van der Waals surface area (Å²) in [6, 6.07) is 3.81. The third-order valence-corrected chi connectivity index (χ3v) is 3.05. The van der Waals surface area contributed by atoms with Crippen LogP contribution in [0.15, 0.2) is 18.2 Å². The zero-order chi connectivity index (χ0) is 13.4. The van der Waals surface area contributed by atoms with Gasteiger partial charge in [0.05, 0.1) is 5.02 Å². The van der Waals surface area contributed by atoms with Crippen molar-refractivity contribution in [2.24, 2.45) is 5.73 Å². The van der Waals surface area contributed by atoms with Crippen molar-refractivity contribution in [2.45, 2.75) is 38.3 Å². The molecule has 0 aliphatic heterocycles. The van der Waals surface area contributed by atoms with Gasteiger partial charge in [-0.3, -0.25) is 0 Å². The van der Waals surface area contributed by atoms with Gasteiger partial charge < -0.3 is 10.8 Å². The van der Waals surface area contributed by atoms with E-state index in [9.17, 15) is 13.9 Å². The van der Waals surface area contributed by atoms with Crippen LogP contribution >= 0.6 is 11.6 Å². The van der Waals surface area contributed by atoms with E-state index in [1.165, 1.54) is 12.1 Å². The fourth-order valence-electron chi connectivity index (χ4n) is 1.47. The van der Waals surface area contributed by atoms with Gasteiger partial charge in [0, 0.05) is 11.6 Å². The van der Waals surface area contributed by atoms with Gasteiger partial charge in [0.2, 0.25) is 0 Å². The summed E-state index contributed by atoms with van der Waals surface area (Å²) in [5.74, 6) is -3.44. The van der Waals surface area contributed by atoms with Gasteiger partial charge in [-0.1, -0.05) is 29.8 Å². The highest BCUT2D eigenvalue weighted by Crippen LogP contribution is 2.43. The second-order valence-corrected chi connectivity index (χ2v) is 5.01. The van der Waals surface area contributed by atoms with Gasteiger partial charge in [-0.25, -0.2) is 0 Å². The van der Waals surface area contributed by atoms with E-state index < -0.39 is 23.1 Å². The number of rotatable bonds is 3. The van der Waals surface area contributed by atoms with Crippen molar-refractivity contribution < 1.29 is 13.9 Å². The van der Waals surface area contributed by atoms with Gasteiger partial charge in [0.1, 0.15) is 5.60 Å². The van der Waals surface area contributed by atoms with Gasteiger partial charge >= 0.3 is 5.92 Å². The van der Waals surface area contributed by atoms with E-state index in [4.69, 9.17) is 17.3 Å². The third kappa shape index (κ3) is 2.59. The van der Waals surface area contributed by atoms with E-state index >= 15 is 0 Å². The van der Waals surface area contributed by atoms with E-state index in [0.717, 1.165) is 13.8 Å². The minimum absolute atomic E-state index is 0.0883. The molecule has 0 radical (unpaired) electrons. The van der Waals surface area contributed by atoms with E-state index in [-0.39, 0.29) is 5.02 Å². The molecule has 5 heteroatoms. The first-order valence-electron chi connectivity index (χ1n) is 5.23. The number of alkyl halides is 2. The molecule has 0 aliphatic rings. The molecule has 0 fully saturated rings. The highest BCUT2D eigenvalue weighted by atomic mass is 35.5. The molecule has 0 spiro atoms. The van der Waals surface area contributed by atoms with Crippen molar-refractivity contribution in [2.75, 3.05) is 0 Å². The standard InChI is InChI=1S/C12H16ClF2NO/c1-7(16)8-5-4-6-9(10(8)13)12(14,15)11(2,3)17/h4-7,17H,16H2,1-3H3. The van der Waals surface area contributed by atoms with Crippen LogP contribution in [-0.2, 0) is 5.92 Å². The lowest BCUT2D eigenvalue weighted by molar-refractivity contribution is -0.168. The van der Waals surface area contributed by atoms with E-state index in [1.54, 1.807) is 13.0 Å². The first-order valence-corrected chi connectivity index (χ1v) is 5.61. The summed E-state index contributed by atoms with van der Waals surface area (Å²) in [5, 5.41) is 9.42. The molecule has 0 heterocycles. The molecule has 0 aromatic heterocycles. The predicted molar refractivity (Wildman–Crippen MR) is 64.2 cm³/mol. The summed E-state index contributed by atoms with van der Waals surface area (Å²) < 4.78 is 28.0. The molecule has 17 heavy (non-hydrogen) atoms. The molecule has 1 aromatic carbocycles. The Hall–Kier alpha value is -0.710. The van der Waals surface area contributed by atoms with Crippen molar-refractivity contribution in [1.82, 2.24) is 0 Å². The minimum Gasteiger partial charge on any atom is -0.384 e. The van der Waals surface area contributed by atoms with Crippen molar-refractivity contribution in [1.29, 1.82) is 0 Å². The number of hydrogen-bond acceptors (Lipinski definition) is 2. The van der Waals surface area contributed by atoms with Gasteiger partial charge in [-0.05, 0) is 26.3 Å². The predicted octanol–water partition coefficient (Wildman–Crippen LogP) is 3.22. The number of benzene rings is 1. The first kappa shape index (κ1) is 14.4. The largest absolute Gasteiger partial charge is 0.384 e. The van der Waals surface area contributed by atoms with E-state index in [0.29, 0.717) is 5.56 Å². The molecule has 0 saturated carbocycles. The van der Waals surface area contributed by atoms with Crippen LogP contribution in [0.2, 0.25) is 5.02 Å². The Kier molecular flexibility index (Phi) is 3.81. The molecule has 3 N–H and O–H groups in total. The highest BCUT2D eigenvalue weighted by Gasteiger charge is 2.48. The molecular weight excluding hydrogens is 248 g/mol. The van der Waals surface area contributed by atoms with Gasteiger partial charge in [-0.15, -0.1) is 0 Å². The summed E-state index contributed by atoms with van der Waals surface area (Å²) in [6.45, 7) is 3.75. The highest BCUT2D eigenvalue weighted by molar-refractivity contribution is 6.32. The van der Waals surface area contributed by atoms with Gasteiger partial charge in [0.25, 0.3) is 0 Å². The maximum absolute atomic E-state index is 14.0. The number of hydrogen-bond donors (Lipinski definition) is 2. The topological polar surface area (TPSA) is 46.2 Å². The fourth-order valence-corrected chi connectivity index (χ4v) is 1.89. The Labute approximate surface area is 104 Å². The van der Waals surface area contributed by atoms with Crippen molar-refractivity contribution >= 4 is 11.6 Å². The van der Waals surface area contributed by atoms with E-state index in [2.05, 4.69) is 0 Å². The Balaban J connectivity index is 3.38. The molecule has 1 aromatic rings. The summed E-state index contributed by atoms with van der Waals surface area (Å²) in [5.41, 5.74) is 3.49. The first-order chi connectivity index (χ1) is 7.59. The van der Waals surface area contributed by atoms with Crippen LogP contribution in [0, 0.1) is 0 Å². The molecule has 0 bridgehead atoms. The van der Waals surface area contributed by atoms with Crippen LogP contribution in [0.25, 0.3) is 0 Å². The molecule has 1 rings (SSSR count). The summed E-state index contributed by atoms with van der Waals surface area (Å²) in [7, 11) is 0.